The highest BCUT2D eigenvalue weighted by Gasteiger charge is 2.30. The third-order valence-corrected chi connectivity index (χ3v) is 4.26. The van der Waals surface area contributed by atoms with Crippen molar-refractivity contribution in [2.24, 2.45) is 10.2 Å². The molecule has 3 rings (SSSR count). The smallest absolute Gasteiger partial charge is 0.303 e. The maximum Gasteiger partial charge on any atom is 0.416 e. The molecular weight excluding hydrogens is 351 g/mol. The second kappa shape index (κ2) is 7.10. The summed E-state index contributed by atoms with van der Waals surface area (Å²) in [7, 11) is 0. The lowest BCUT2D eigenvalue weighted by Crippen LogP contribution is -2.19. The number of rotatable bonds is 3. The average Bonchev–Trinajstić information content (AvgIpc) is 3.00. The number of nitrogens with one attached hydrogen (secondary N) is 1. The van der Waals surface area contributed by atoms with E-state index in [0.29, 0.717) is 27.6 Å². The van der Waals surface area contributed by atoms with Crippen LogP contribution in [0.15, 0.2) is 58.7 Å². The lowest BCUT2D eigenvalue weighted by Gasteiger charge is -2.10. The molecule has 1 fully saturated rings. The number of halogens is 3. The first kappa shape index (κ1) is 17.2. The zero-order chi connectivity index (χ0) is 17.9. The van der Waals surface area contributed by atoms with Crippen LogP contribution in [-0.4, -0.2) is 23.0 Å². The number of thioether (sulfide) groups is 1. The van der Waals surface area contributed by atoms with E-state index in [4.69, 9.17) is 0 Å². The number of hydrogen-bond donors (Lipinski definition) is 1. The second-order valence-electron chi connectivity index (χ2n) is 5.15. The molecule has 128 valence electrons. The fraction of sp³-hybridized carbons (Fsp3) is 0.118. The fourth-order valence-corrected chi connectivity index (χ4v) is 2.89. The van der Waals surface area contributed by atoms with Crippen LogP contribution in [0.3, 0.4) is 0 Å². The monoisotopic (exact) mass is 363 g/mol. The van der Waals surface area contributed by atoms with Crippen molar-refractivity contribution in [1.29, 1.82) is 0 Å². The topological polar surface area (TPSA) is 53.8 Å². The SMILES string of the molecule is O=C1CSC(=NN=Cc2ccccc2-c2cccc(C(F)(F)F)c2)N1. The Bertz CT molecular complexity index is 862. The number of nitrogens with zero attached hydrogens (tertiary/aromatic N) is 2. The molecule has 0 saturated carbocycles. The van der Waals surface area contributed by atoms with Crippen LogP contribution in [0, 0.1) is 0 Å². The van der Waals surface area contributed by atoms with Gasteiger partial charge in [0.15, 0.2) is 5.17 Å². The van der Waals surface area contributed by atoms with E-state index in [2.05, 4.69) is 15.5 Å². The maximum absolute atomic E-state index is 12.9. The predicted octanol–water partition coefficient (Wildman–Crippen LogP) is 3.93. The second-order valence-corrected chi connectivity index (χ2v) is 6.12. The summed E-state index contributed by atoms with van der Waals surface area (Å²) in [5.74, 6) is 0.165. The molecule has 0 spiro atoms. The minimum atomic E-state index is -4.40. The van der Waals surface area contributed by atoms with Crippen molar-refractivity contribution >= 4 is 29.1 Å². The molecule has 0 aromatic heterocycles. The van der Waals surface area contributed by atoms with Crippen LogP contribution in [0.25, 0.3) is 11.1 Å². The van der Waals surface area contributed by atoms with E-state index < -0.39 is 11.7 Å². The van der Waals surface area contributed by atoms with E-state index in [1.807, 2.05) is 0 Å². The lowest BCUT2D eigenvalue weighted by molar-refractivity contribution is -0.137. The van der Waals surface area contributed by atoms with Gasteiger partial charge in [-0.3, -0.25) is 4.79 Å². The molecule has 25 heavy (non-hydrogen) atoms. The largest absolute Gasteiger partial charge is 0.416 e. The van der Waals surface area contributed by atoms with E-state index in [1.54, 1.807) is 30.3 Å². The summed E-state index contributed by atoms with van der Waals surface area (Å²) in [6.45, 7) is 0. The van der Waals surface area contributed by atoms with Gasteiger partial charge < -0.3 is 5.32 Å². The molecule has 8 heteroatoms. The first-order valence-corrected chi connectivity index (χ1v) is 8.22. The highest BCUT2D eigenvalue weighted by atomic mass is 32.2. The van der Waals surface area contributed by atoms with Crippen LogP contribution in [0.2, 0.25) is 0 Å². The number of alkyl halides is 3. The molecule has 1 amide bonds. The third-order valence-electron chi connectivity index (χ3n) is 3.39. The minimum absolute atomic E-state index is 0.136. The molecule has 0 unspecified atom stereocenters. The summed E-state index contributed by atoms with van der Waals surface area (Å²) < 4.78 is 38.7. The molecule has 2 aromatic rings. The van der Waals surface area contributed by atoms with Gasteiger partial charge in [-0.15, -0.1) is 5.10 Å². The molecule has 0 radical (unpaired) electrons. The van der Waals surface area contributed by atoms with Crippen LogP contribution in [-0.2, 0) is 11.0 Å². The van der Waals surface area contributed by atoms with Crippen LogP contribution in [0.5, 0.6) is 0 Å². The van der Waals surface area contributed by atoms with Crippen LogP contribution >= 0.6 is 11.8 Å². The van der Waals surface area contributed by atoms with Crippen molar-refractivity contribution in [2.45, 2.75) is 6.18 Å². The normalized spacial score (nSPS) is 16.6. The summed E-state index contributed by atoms with van der Waals surface area (Å²) >= 11 is 1.24. The van der Waals surface area contributed by atoms with Crippen LogP contribution < -0.4 is 5.32 Å². The lowest BCUT2D eigenvalue weighted by atomic mass is 9.98. The van der Waals surface area contributed by atoms with Gasteiger partial charge in [-0.1, -0.05) is 48.2 Å². The Morgan fingerprint density at radius 1 is 1.12 bits per heavy atom. The van der Waals surface area contributed by atoms with Gasteiger partial charge in [0.05, 0.1) is 17.5 Å². The maximum atomic E-state index is 12.9. The first-order valence-electron chi connectivity index (χ1n) is 7.24. The van der Waals surface area contributed by atoms with Gasteiger partial charge in [0.2, 0.25) is 5.91 Å². The number of benzene rings is 2. The molecule has 1 N–H and O–H groups in total. The zero-order valence-electron chi connectivity index (χ0n) is 12.7. The molecule has 1 saturated heterocycles. The summed E-state index contributed by atoms with van der Waals surface area (Å²) in [6, 6.07) is 12.1. The Kier molecular flexibility index (Phi) is 4.89. The highest BCUT2D eigenvalue weighted by Crippen LogP contribution is 2.32. The molecule has 0 aliphatic carbocycles. The predicted molar refractivity (Wildman–Crippen MR) is 92.5 cm³/mol. The Labute approximate surface area is 145 Å². The van der Waals surface area contributed by atoms with Crippen LogP contribution in [0.4, 0.5) is 13.2 Å². The molecule has 1 aliphatic heterocycles. The van der Waals surface area contributed by atoms with Gasteiger partial charge in [-0.05, 0) is 23.3 Å². The molecule has 2 aromatic carbocycles. The van der Waals surface area contributed by atoms with E-state index in [1.165, 1.54) is 24.0 Å². The van der Waals surface area contributed by atoms with Gasteiger partial charge in [0.1, 0.15) is 0 Å². The Morgan fingerprint density at radius 3 is 2.64 bits per heavy atom. The average molecular weight is 363 g/mol. The molecule has 1 aliphatic rings. The molecule has 0 bridgehead atoms. The minimum Gasteiger partial charge on any atom is -0.303 e. The van der Waals surface area contributed by atoms with E-state index in [9.17, 15) is 18.0 Å². The van der Waals surface area contributed by atoms with Gasteiger partial charge in [-0.2, -0.15) is 18.3 Å². The molecule has 1 heterocycles. The van der Waals surface area contributed by atoms with Crippen LogP contribution in [0.1, 0.15) is 11.1 Å². The van der Waals surface area contributed by atoms with Crippen molar-refractivity contribution in [3.05, 3.63) is 59.7 Å². The zero-order valence-corrected chi connectivity index (χ0v) is 13.6. The van der Waals surface area contributed by atoms with E-state index in [0.717, 1.165) is 12.1 Å². The molecular formula is C17H12F3N3OS. The number of hydrogen-bond acceptors (Lipinski definition) is 4. The number of carbonyl (C=O) groups excluding carboxylic acids is 1. The van der Waals surface area contributed by atoms with Gasteiger partial charge in [0.25, 0.3) is 0 Å². The van der Waals surface area contributed by atoms with Crippen molar-refractivity contribution in [3.63, 3.8) is 0 Å². The number of carbonyl (C=O) groups is 1. The van der Waals surface area contributed by atoms with Crippen molar-refractivity contribution in [3.8, 4) is 11.1 Å². The van der Waals surface area contributed by atoms with Gasteiger partial charge >= 0.3 is 6.18 Å². The summed E-state index contributed by atoms with van der Waals surface area (Å²) in [5, 5.41) is 10.8. The quantitative estimate of drug-likeness (QED) is 0.664. The third kappa shape index (κ3) is 4.27. The van der Waals surface area contributed by atoms with E-state index >= 15 is 0 Å². The fourth-order valence-electron chi connectivity index (χ4n) is 2.26. The number of amidine groups is 1. The molecule has 4 nitrogen and oxygen atoms in total. The Balaban J connectivity index is 1.90. The van der Waals surface area contributed by atoms with Crippen molar-refractivity contribution in [2.75, 3.05) is 5.75 Å². The van der Waals surface area contributed by atoms with E-state index in [-0.39, 0.29) is 5.91 Å². The van der Waals surface area contributed by atoms with Gasteiger partial charge in [-0.25, -0.2) is 0 Å². The summed E-state index contributed by atoms with van der Waals surface area (Å²) in [6.07, 6.45) is -2.95. The van der Waals surface area contributed by atoms with Crippen molar-refractivity contribution in [1.82, 2.24) is 5.32 Å². The van der Waals surface area contributed by atoms with Crippen molar-refractivity contribution < 1.29 is 18.0 Å². The summed E-state index contributed by atoms with van der Waals surface area (Å²) in [4.78, 5) is 11.1. The first-order chi connectivity index (χ1) is 11.9. The highest BCUT2D eigenvalue weighted by molar-refractivity contribution is 8.15. The Morgan fingerprint density at radius 2 is 1.92 bits per heavy atom. The van der Waals surface area contributed by atoms with Gasteiger partial charge in [0, 0.05) is 5.56 Å². The number of amides is 1. The standard InChI is InChI=1S/C17H12F3N3OS/c18-17(19,20)13-6-3-5-11(8-13)14-7-2-1-4-12(14)9-21-23-16-22-15(24)10-25-16/h1-9H,10H2,(H,22,23,24). The Hall–Kier alpha value is -2.61. The molecule has 0 atom stereocenters. The summed E-state index contributed by atoms with van der Waals surface area (Å²) in [5.41, 5.74) is 0.969.